The molecule has 5 heteroatoms. The molecule has 0 saturated carbocycles. The summed E-state index contributed by atoms with van der Waals surface area (Å²) in [4.78, 5) is 12.0. The number of aliphatic hydroxyl groups is 1. The van der Waals surface area contributed by atoms with Crippen LogP contribution in [0.2, 0.25) is 0 Å². The van der Waals surface area contributed by atoms with Gasteiger partial charge in [0.25, 0.3) is 5.91 Å². The largest absolute Gasteiger partial charge is 0.394 e. The molecule has 1 amide bonds. The molecule has 5 nitrogen and oxygen atoms in total. The smallest absolute Gasteiger partial charge is 0.269 e. The molecule has 1 unspecified atom stereocenters. The van der Waals surface area contributed by atoms with Crippen LogP contribution in [0.25, 0.3) is 11.3 Å². The van der Waals surface area contributed by atoms with Crippen molar-refractivity contribution in [1.29, 1.82) is 0 Å². The van der Waals surface area contributed by atoms with Crippen molar-refractivity contribution in [2.24, 2.45) is 0 Å². The number of carbonyl (C=O) groups is 1. The van der Waals surface area contributed by atoms with Gasteiger partial charge in [0.15, 0.2) is 0 Å². The summed E-state index contributed by atoms with van der Waals surface area (Å²) in [6.45, 7) is 3.86. The minimum Gasteiger partial charge on any atom is -0.394 e. The molecule has 0 spiro atoms. The van der Waals surface area contributed by atoms with Gasteiger partial charge in [-0.05, 0) is 19.4 Å². The summed E-state index contributed by atoms with van der Waals surface area (Å²) < 4.78 is 0. The number of H-pyrrole nitrogens is 1. The van der Waals surface area contributed by atoms with Crippen LogP contribution in [0, 0.1) is 6.92 Å². The molecule has 1 heterocycles. The van der Waals surface area contributed by atoms with E-state index in [1.807, 2.05) is 38.1 Å². The first-order valence-corrected chi connectivity index (χ1v) is 6.68. The first kappa shape index (κ1) is 14.3. The van der Waals surface area contributed by atoms with Crippen LogP contribution >= 0.6 is 0 Å². The molecule has 1 aromatic carbocycles. The molecular weight excluding hydrogens is 254 g/mol. The van der Waals surface area contributed by atoms with E-state index >= 15 is 0 Å². The molecule has 0 aliphatic heterocycles. The number of carbonyl (C=O) groups excluding carboxylic acids is 1. The molecule has 20 heavy (non-hydrogen) atoms. The molecule has 0 aliphatic rings. The second-order valence-electron chi connectivity index (χ2n) is 4.79. The Morgan fingerprint density at radius 3 is 2.70 bits per heavy atom. The van der Waals surface area contributed by atoms with Gasteiger partial charge in [0.2, 0.25) is 0 Å². The third-order valence-electron chi connectivity index (χ3n) is 3.22. The number of nitrogens with zero attached hydrogens (tertiary/aromatic N) is 1. The van der Waals surface area contributed by atoms with E-state index in [-0.39, 0.29) is 18.6 Å². The Kier molecular flexibility index (Phi) is 4.53. The lowest BCUT2D eigenvalue weighted by molar-refractivity contribution is 0.0910. The summed E-state index contributed by atoms with van der Waals surface area (Å²) in [5.41, 5.74) is 3.26. The molecule has 1 atom stereocenters. The van der Waals surface area contributed by atoms with E-state index in [4.69, 9.17) is 5.11 Å². The second kappa shape index (κ2) is 6.34. The van der Waals surface area contributed by atoms with Crippen molar-refractivity contribution in [3.63, 3.8) is 0 Å². The van der Waals surface area contributed by atoms with Gasteiger partial charge in [-0.3, -0.25) is 9.89 Å². The lowest BCUT2D eigenvalue weighted by Gasteiger charge is -2.12. The van der Waals surface area contributed by atoms with Crippen molar-refractivity contribution in [1.82, 2.24) is 15.5 Å². The van der Waals surface area contributed by atoms with Gasteiger partial charge in [-0.15, -0.1) is 0 Å². The number of hydrogen-bond acceptors (Lipinski definition) is 3. The quantitative estimate of drug-likeness (QED) is 0.778. The summed E-state index contributed by atoms with van der Waals surface area (Å²) in [7, 11) is 0. The van der Waals surface area contributed by atoms with Gasteiger partial charge in [-0.25, -0.2) is 0 Å². The Bertz CT molecular complexity index is 571. The van der Waals surface area contributed by atoms with E-state index in [0.717, 1.165) is 11.3 Å². The molecule has 1 aromatic heterocycles. The Morgan fingerprint density at radius 1 is 1.40 bits per heavy atom. The highest BCUT2D eigenvalue weighted by Gasteiger charge is 2.14. The van der Waals surface area contributed by atoms with Crippen molar-refractivity contribution in [2.75, 3.05) is 6.61 Å². The lowest BCUT2D eigenvalue weighted by Crippen LogP contribution is -2.37. The summed E-state index contributed by atoms with van der Waals surface area (Å²) in [5.74, 6) is -0.253. The highest BCUT2D eigenvalue weighted by atomic mass is 16.3. The van der Waals surface area contributed by atoms with Crippen molar-refractivity contribution in [3.05, 3.63) is 41.6 Å². The maximum Gasteiger partial charge on any atom is 0.269 e. The average molecular weight is 273 g/mol. The van der Waals surface area contributed by atoms with Crippen LogP contribution in [-0.4, -0.2) is 33.9 Å². The standard InChI is InChI=1S/C15H19N3O2/c1-3-12(9-19)16-15(20)14-8-13(17-18-14)11-6-4-10(2)5-7-11/h4-8,12,19H,3,9H2,1-2H3,(H,16,20)(H,17,18). The molecule has 0 saturated heterocycles. The zero-order valence-electron chi connectivity index (χ0n) is 11.7. The fourth-order valence-corrected chi connectivity index (χ4v) is 1.85. The van der Waals surface area contributed by atoms with Crippen molar-refractivity contribution in [2.45, 2.75) is 26.3 Å². The SMILES string of the molecule is CCC(CO)NC(=O)c1cc(-c2ccc(C)cc2)n[nH]1. The topological polar surface area (TPSA) is 78.0 Å². The molecule has 2 rings (SSSR count). The predicted molar refractivity (Wildman–Crippen MR) is 77.4 cm³/mol. The monoisotopic (exact) mass is 273 g/mol. The van der Waals surface area contributed by atoms with Gasteiger partial charge in [0, 0.05) is 5.56 Å². The summed E-state index contributed by atoms with van der Waals surface area (Å²) >= 11 is 0. The number of aromatic amines is 1. The number of aromatic nitrogens is 2. The van der Waals surface area contributed by atoms with Crippen LogP contribution < -0.4 is 5.32 Å². The Hall–Kier alpha value is -2.14. The number of rotatable bonds is 5. The van der Waals surface area contributed by atoms with E-state index in [1.54, 1.807) is 6.07 Å². The van der Waals surface area contributed by atoms with Crippen molar-refractivity contribution >= 4 is 5.91 Å². The zero-order chi connectivity index (χ0) is 14.5. The number of hydrogen-bond donors (Lipinski definition) is 3. The zero-order valence-corrected chi connectivity index (χ0v) is 11.7. The van der Waals surface area contributed by atoms with Crippen LogP contribution in [0.5, 0.6) is 0 Å². The molecule has 3 N–H and O–H groups in total. The Morgan fingerprint density at radius 2 is 2.10 bits per heavy atom. The molecule has 0 bridgehead atoms. The number of aryl methyl sites for hydroxylation is 1. The normalized spacial score (nSPS) is 12.2. The molecule has 0 radical (unpaired) electrons. The van der Waals surface area contributed by atoms with Gasteiger partial charge in [0.05, 0.1) is 18.3 Å². The second-order valence-corrected chi connectivity index (χ2v) is 4.79. The van der Waals surface area contributed by atoms with E-state index in [1.165, 1.54) is 5.56 Å². The Balaban J connectivity index is 2.12. The van der Waals surface area contributed by atoms with Crippen molar-refractivity contribution < 1.29 is 9.90 Å². The number of benzene rings is 1. The average Bonchev–Trinajstić information content (AvgIpc) is 2.95. The third-order valence-corrected chi connectivity index (χ3v) is 3.22. The third kappa shape index (κ3) is 3.24. The van der Waals surface area contributed by atoms with Crippen LogP contribution in [0.1, 0.15) is 29.4 Å². The van der Waals surface area contributed by atoms with Crippen LogP contribution in [0.3, 0.4) is 0 Å². The molecule has 0 fully saturated rings. The molecular formula is C15H19N3O2. The van der Waals surface area contributed by atoms with Crippen LogP contribution in [0.15, 0.2) is 30.3 Å². The van der Waals surface area contributed by atoms with Gasteiger partial charge in [0.1, 0.15) is 5.69 Å². The first-order valence-electron chi connectivity index (χ1n) is 6.68. The van der Waals surface area contributed by atoms with E-state index in [0.29, 0.717) is 12.1 Å². The molecule has 106 valence electrons. The first-order chi connectivity index (χ1) is 9.63. The fraction of sp³-hybridized carbons (Fsp3) is 0.333. The van der Waals surface area contributed by atoms with Gasteiger partial charge < -0.3 is 10.4 Å². The van der Waals surface area contributed by atoms with Crippen LogP contribution in [-0.2, 0) is 0 Å². The summed E-state index contributed by atoms with van der Waals surface area (Å²) in [5, 5.41) is 18.7. The van der Waals surface area contributed by atoms with E-state index < -0.39 is 0 Å². The highest BCUT2D eigenvalue weighted by molar-refractivity contribution is 5.93. The van der Waals surface area contributed by atoms with Gasteiger partial charge in [-0.1, -0.05) is 36.8 Å². The summed E-state index contributed by atoms with van der Waals surface area (Å²) in [6, 6.07) is 9.43. The Labute approximate surface area is 118 Å². The number of amides is 1. The fourth-order valence-electron chi connectivity index (χ4n) is 1.85. The summed E-state index contributed by atoms with van der Waals surface area (Å²) in [6.07, 6.45) is 0.682. The minimum atomic E-state index is -0.253. The highest BCUT2D eigenvalue weighted by Crippen LogP contribution is 2.18. The number of aliphatic hydroxyl groups excluding tert-OH is 1. The van der Waals surface area contributed by atoms with E-state index in [9.17, 15) is 4.79 Å². The molecule has 0 aliphatic carbocycles. The van der Waals surface area contributed by atoms with E-state index in [2.05, 4.69) is 15.5 Å². The van der Waals surface area contributed by atoms with Crippen molar-refractivity contribution in [3.8, 4) is 11.3 Å². The van der Waals surface area contributed by atoms with Gasteiger partial charge >= 0.3 is 0 Å². The maximum atomic E-state index is 12.0. The lowest BCUT2D eigenvalue weighted by atomic mass is 10.1. The maximum absolute atomic E-state index is 12.0. The van der Waals surface area contributed by atoms with Crippen LogP contribution in [0.4, 0.5) is 0 Å². The number of nitrogens with one attached hydrogen (secondary N) is 2. The molecule has 2 aromatic rings. The van der Waals surface area contributed by atoms with Gasteiger partial charge in [-0.2, -0.15) is 5.10 Å². The predicted octanol–water partition coefficient (Wildman–Crippen LogP) is 1.89. The minimum absolute atomic E-state index is 0.0683.